The third kappa shape index (κ3) is 4.91. The first kappa shape index (κ1) is 19.2. The van der Waals surface area contributed by atoms with Crippen LogP contribution in [0.2, 0.25) is 0 Å². The van der Waals surface area contributed by atoms with E-state index in [9.17, 15) is 14.4 Å². The van der Waals surface area contributed by atoms with E-state index >= 15 is 0 Å². The molecule has 25 heavy (non-hydrogen) atoms. The van der Waals surface area contributed by atoms with E-state index in [0.29, 0.717) is 29.8 Å². The number of carbonyl (C=O) groups is 3. The fourth-order valence-electron chi connectivity index (χ4n) is 3.03. The molecule has 0 N–H and O–H groups in total. The SMILES string of the molecule is CCCCCCCCCC(=O)Oc1ccc2c(c1)C(=O)N(CC)C2=O. The summed E-state index contributed by atoms with van der Waals surface area (Å²) in [4.78, 5) is 37.3. The van der Waals surface area contributed by atoms with E-state index in [0.717, 1.165) is 19.3 Å². The van der Waals surface area contributed by atoms with Crippen molar-refractivity contribution in [1.29, 1.82) is 0 Å². The van der Waals surface area contributed by atoms with E-state index in [1.54, 1.807) is 19.1 Å². The molecule has 0 saturated heterocycles. The van der Waals surface area contributed by atoms with Crippen LogP contribution in [0.15, 0.2) is 18.2 Å². The highest BCUT2D eigenvalue weighted by atomic mass is 16.5. The van der Waals surface area contributed by atoms with Crippen LogP contribution in [0.3, 0.4) is 0 Å². The first-order valence-electron chi connectivity index (χ1n) is 9.29. The number of esters is 1. The fourth-order valence-corrected chi connectivity index (χ4v) is 3.03. The molecule has 1 aromatic rings. The van der Waals surface area contributed by atoms with Crippen molar-refractivity contribution in [3.63, 3.8) is 0 Å². The summed E-state index contributed by atoms with van der Waals surface area (Å²) in [5.74, 6) is -0.584. The van der Waals surface area contributed by atoms with Gasteiger partial charge in [-0.1, -0.05) is 45.4 Å². The van der Waals surface area contributed by atoms with Crippen molar-refractivity contribution in [1.82, 2.24) is 4.90 Å². The second-order valence-corrected chi connectivity index (χ2v) is 6.41. The minimum absolute atomic E-state index is 0.288. The van der Waals surface area contributed by atoms with E-state index in [1.807, 2.05) is 0 Å². The summed E-state index contributed by atoms with van der Waals surface area (Å²) in [5, 5.41) is 0. The number of rotatable bonds is 10. The standard InChI is InChI=1S/C20H27NO4/c1-3-5-6-7-8-9-10-11-18(22)25-15-12-13-16-17(14-15)20(24)21(4-2)19(16)23/h12-14H,3-11H2,1-2H3. The maximum atomic E-state index is 12.2. The van der Waals surface area contributed by atoms with Crippen LogP contribution in [-0.4, -0.2) is 29.2 Å². The Labute approximate surface area is 149 Å². The minimum Gasteiger partial charge on any atom is -0.427 e. The molecule has 0 bridgehead atoms. The lowest BCUT2D eigenvalue weighted by Gasteiger charge is -2.08. The molecule has 2 rings (SSSR count). The molecule has 1 aromatic carbocycles. The number of nitrogens with zero attached hydrogens (tertiary/aromatic N) is 1. The molecule has 0 saturated carbocycles. The average Bonchev–Trinajstić information content (AvgIpc) is 2.84. The van der Waals surface area contributed by atoms with Gasteiger partial charge in [-0.15, -0.1) is 0 Å². The molecule has 0 aliphatic carbocycles. The molecule has 1 aliphatic heterocycles. The van der Waals surface area contributed by atoms with Gasteiger partial charge in [-0.2, -0.15) is 0 Å². The Bertz CT molecular complexity index is 639. The molecule has 0 unspecified atom stereocenters. The summed E-state index contributed by atoms with van der Waals surface area (Å²) in [6.07, 6.45) is 8.36. The molecule has 1 heterocycles. The zero-order valence-electron chi connectivity index (χ0n) is 15.2. The van der Waals surface area contributed by atoms with Crippen molar-refractivity contribution in [3.8, 4) is 5.75 Å². The third-order valence-electron chi connectivity index (χ3n) is 4.47. The zero-order valence-corrected chi connectivity index (χ0v) is 15.2. The van der Waals surface area contributed by atoms with Crippen molar-refractivity contribution in [3.05, 3.63) is 29.3 Å². The van der Waals surface area contributed by atoms with Crippen molar-refractivity contribution in [2.75, 3.05) is 6.54 Å². The second kappa shape index (κ2) is 9.35. The Morgan fingerprint density at radius 1 is 0.920 bits per heavy atom. The molecule has 5 nitrogen and oxygen atoms in total. The first-order valence-corrected chi connectivity index (χ1v) is 9.29. The van der Waals surface area contributed by atoms with Crippen LogP contribution in [0, 0.1) is 0 Å². The summed E-state index contributed by atoms with van der Waals surface area (Å²) in [7, 11) is 0. The monoisotopic (exact) mass is 345 g/mol. The third-order valence-corrected chi connectivity index (χ3v) is 4.47. The highest BCUT2D eigenvalue weighted by Crippen LogP contribution is 2.27. The Morgan fingerprint density at radius 3 is 2.24 bits per heavy atom. The molecule has 0 atom stereocenters. The topological polar surface area (TPSA) is 63.7 Å². The first-order chi connectivity index (χ1) is 12.1. The van der Waals surface area contributed by atoms with Gasteiger partial charge in [0.15, 0.2) is 0 Å². The van der Waals surface area contributed by atoms with Crippen molar-refractivity contribution < 1.29 is 19.1 Å². The maximum absolute atomic E-state index is 12.2. The van der Waals surface area contributed by atoms with Gasteiger partial charge >= 0.3 is 5.97 Å². The molecular formula is C20H27NO4. The van der Waals surface area contributed by atoms with Gasteiger partial charge in [-0.25, -0.2) is 0 Å². The van der Waals surface area contributed by atoms with Crippen molar-refractivity contribution in [2.24, 2.45) is 0 Å². The molecule has 0 fully saturated rings. The van der Waals surface area contributed by atoms with E-state index in [2.05, 4.69) is 6.92 Å². The molecule has 5 heteroatoms. The number of amides is 2. The Kier molecular flexibility index (Phi) is 7.16. The Hall–Kier alpha value is -2.17. The van der Waals surface area contributed by atoms with Gasteiger partial charge in [0.05, 0.1) is 11.1 Å². The van der Waals surface area contributed by atoms with E-state index in [-0.39, 0.29) is 17.8 Å². The van der Waals surface area contributed by atoms with Crippen LogP contribution >= 0.6 is 0 Å². The highest BCUT2D eigenvalue weighted by molar-refractivity contribution is 6.21. The number of hydrogen-bond donors (Lipinski definition) is 0. The minimum atomic E-state index is -0.326. The molecule has 2 amide bonds. The predicted octanol–water partition coefficient (Wildman–Crippen LogP) is 4.35. The quantitative estimate of drug-likeness (QED) is 0.274. The number of hydrogen-bond acceptors (Lipinski definition) is 4. The number of imide groups is 1. The summed E-state index contributed by atoms with van der Waals surface area (Å²) in [6.45, 7) is 4.28. The van der Waals surface area contributed by atoms with Gasteiger partial charge in [-0.3, -0.25) is 19.3 Å². The van der Waals surface area contributed by atoms with Crippen molar-refractivity contribution >= 4 is 17.8 Å². The summed E-state index contributed by atoms with van der Waals surface area (Å²) in [6, 6.07) is 4.63. The van der Waals surface area contributed by atoms with Gasteiger partial charge < -0.3 is 4.74 Å². The van der Waals surface area contributed by atoms with Crippen LogP contribution in [0.25, 0.3) is 0 Å². The Morgan fingerprint density at radius 2 is 1.56 bits per heavy atom. The highest BCUT2D eigenvalue weighted by Gasteiger charge is 2.34. The average molecular weight is 345 g/mol. The number of fused-ring (bicyclic) bond motifs is 1. The lowest BCUT2D eigenvalue weighted by molar-refractivity contribution is -0.134. The van der Waals surface area contributed by atoms with Gasteiger partial charge in [-0.05, 0) is 31.5 Å². The van der Waals surface area contributed by atoms with Crippen LogP contribution < -0.4 is 4.74 Å². The maximum Gasteiger partial charge on any atom is 0.311 e. The summed E-state index contributed by atoms with van der Waals surface area (Å²) in [5.41, 5.74) is 0.687. The smallest absolute Gasteiger partial charge is 0.311 e. The fraction of sp³-hybridized carbons (Fsp3) is 0.550. The molecular weight excluding hydrogens is 318 g/mol. The number of benzene rings is 1. The van der Waals surface area contributed by atoms with Crippen LogP contribution in [0.4, 0.5) is 0 Å². The van der Waals surface area contributed by atoms with Crippen molar-refractivity contribution in [2.45, 2.75) is 65.2 Å². The van der Waals surface area contributed by atoms with Crippen LogP contribution in [0.1, 0.15) is 85.9 Å². The van der Waals surface area contributed by atoms with E-state index < -0.39 is 0 Å². The number of ether oxygens (including phenoxy) is 1. The lowest BCUT2D eigenvalue weighted by Crippen LogP contribution is -2.29. The summed E-state index contributed by atoms with van der Waals surface area (Å²) < 4.78 is 5.32. The Balaban J connectivity index is 1.80. The van der Waals surface area contributed by atoms with Gasteiger partial charge in [0, 0.05) is 13.0 Å². The van der Waals surface area contributed by atoms with Gasteiger partial charge in [0.1, 0.15) is 5.75 Å². The largest absolute Gasteiger partial charge is 0.427 e. The molecule has 0 spiro atoms. The van der Waals surface area contributed by atoms with Gasteiger partial charge in [0.2, 0.25) is 0 Å². The summed E-state index contributed by atoms with van der Waals surface area (Å²) >= 11 is 0. The second-order valence-electron chi connectivity index (χ2n) is 6.41. The van der Waals surface area contributed by atoms with Crippen LogP contribution in [-0.2, 0) is 4.79 Å². The van der Waals surface area contributed by atoms with E-state index in [1.165, 1.54) is 36.6 Å². The molecule has 0 radical (unpaired) electrons. The van der Waals surface area contributed by atoms with Gasteiger partial charge in [0.25, 0.3) is 11.8 Å². The molecule has 1 aliphatic rings. The van der Waals surface area contributed by atoms with E-state index in [4.69, 9.17) is 4.74 Å². The molecule has 0 aromatic heterocycles. The zero-order chi connectivity index (χ0) is 18.2. The number of carbonyl (C=O) groups excluding carboxylic acids is 3. The number of unbranched alkanes of at least 4 members (excludes halogenated alkanes) is 6. The molecule has 136 valence electrons. The van der Waals surface area contributed by atoms with Crippen LogP contribution in [0.5, 0.6) is 5.75 Å². The predicted molar refractivity (Wildman–Crippen MR) is 95.7 cm³/mol. The lowest BCUT2D eigenvalue weighted by atomic mass is 10.1. The normalized spacial score (nSPS) is 13.3.